The molecule has 1 heterocycles. The lowest BCUT2D eigenvalue weighted by Crippen LogP contribution is -2.23. The first kappa shape index (κ1) is 15.1. The van der Waals surface area contributed by atoms with Crippen molar-refractivity contribution in [1.29, 1.82) is 0 Å². The summed E-state index contributed by atoms with van der Waals surface area (Å²) in [6, 6.07) is 11.6. The van der Waals surface area contributed by atoms with Gasteiger partial charge in [0.25, 0.3) is 0 Å². The second kappa shape index (κ2) is 6.24. The molecule has 0 spiro atoms. The molecule has 1 aliphatic rings. The van der Waals surface area contributed by atoms with Crippen LogP contribution in [0.5, 0.6) is 11.5 Å². The van der Waals surface area contributed by atoms with Crippen LogP contribution in [0.1, 0.15) is 19.8 Å². The van der Waals surface area contributed by atoms with E-state index in [0.717, 1.165) is 46.1 Å². The minimum Gasteiger partial charge on any atom is -0.493 e. The smallest absolute Gasteiger partial charge is 0.121 e. The molecule has 1 saturated carbocycles. The Morgan fingerprint density at radius 1 is 0.958 bits per heavy atom. The summed E-state index contributed by atoms with van der Waals surface area (Å²) in [5.74, 6) is 2.36. The molecule has 1 aliphatic carbocycles. The van der Waals surface area contributed by atoms with E-state index in [1.807, 2.05) is 43.3 Å². The van der Waals surface area contributed by atoms with Crippen molar-refractivity contribution in [3.05, 3.63) is 36.4 Å². The molecule has 124 valence electrons. The van der Waals surface area contributed by atoms with E-state index in [0.29, 0.717) is 6.61 Å². The predicted molar refractivity (Wildman–Crippen MR) is 94.4 cm³/mol. The number of benzene rings is 2. The van der Waals surface area contributed by atoms with E-state index in [-0.39, 0.29) is 6.04 Å². The minimum absolute atomic E-state index is 0.00237. The molecular weight excluding hydrogens is 302 g/mol. The summed E-state index contributed by atoms with van der Waals surface area (Å²) in [4.78, 5) is 9.38. The number of ether oxygens (including phenoxy) is 2. The van der Waals surface area contributed by atoms with Crippen LogP contribution in [0.3, 0.4) is 0 Å². The second-order valence-electron chi connectivity index (χ2n) is 6.57. The van der Waals surface area contributed by atoms with Gasteiger partial charge in [-0.05, 0) is 49.9 Å². The summed E-state index contributed by atoms with van der Waals surface area (Å²) >= 11 is 0. The van der Waals surface area contributed by atoms with E-state index in [9.17, 15) is 0 Å². The molecule has 1 fully saturated rings. The van der Waals surface area contributed by atoms with Crippen molar-refractivity contribution in [3.63, 3.8) is 0 Å². The van der Waals surface area contributed by atoms with Gasteiger partial charge in [0.05, 0.1) is 28.7 Å². The van der Waals surface area contributed by atoms with Crippen LogP contribution in [-0.4, -0.2) is 29.2 Å². The van der Waals surface area contributed by atoms with E-state index >= 15 is 0 Å². The summed E-state index contributed by atoms with van der Waals surface area (Å²) in [5, 5.41) is 0. The molecule has 3 aromatic rings. The van der Waals surface area contributed by atoms with E-state index in [4.69, 9.17) is 20.2 Å². The van der Waals surface area contributed by atoms with Crippen molar-refractivity contribution in [2.45, 2.75) is 25.8 Å². The van der Waals surface area contributed by atoms with E-state index < -0.39 is 0 Å². The van der Waals surface area contributed by atoms with Crippen molar-refractivity contribution in [1.82, 2.24) is 9.97 Å². The lowest BCUT2D eigenvalue weighted by atomic mass is 10.2. The average molecular weight is 323 g/mol. The number of rotatable bonds is 6. The standard InChI is InChI=1S/C19H21N3O2/c1-12(20)10-23-14-4-6-16-18(8-14)21-17-7-5-15(9-19(17)22-16)24-11-13-2-3-13/h4-9,12-13H,2-3,10-11,20H2,1H3/t12-/m1/s1. The third-order valence-corrected chi connectivity index (χ3v) is 4.07. The Hall–Kier alpha value is -2.40. The zero-order valence-corrected chi connectivity index (χ0v) is 13.7. The summed E-state index contributed by atoms with van der Waals surface area (Å²) in [6.45, 7) is 3.19. The highest BCUT2D eigenvalue weighted by Crippen LogP contribution is 2.30. The molecule has 1 atom stereocenters. The van der Waals surface area contributed by atoms with Gasteiger partial charge in [0.2, 0.25) is 0 Å². The van der Waals surface area contributed by atoms with Crippen LogP contribution in [0.25, 0.3) is 22.1 Å². The Balaban J connectivity index is 1.62. The zero-order chi connectivity index (χ0) is 16.5. The first-order valence-corrected chi connectivity index (χ1v) is 8.40. The summed E-state index contributed by atoms with van der Waals surface area (Å²) in [5.41, 5.74) is 9.08. The van der Waals surface area contributed by atoms with Crippen molar-refractivity contribution < 1.29 is 9.47 Å². The summed E-state index contributed by atoms with van der Waals surface area (Å²) < 4.78 is 11.5. The number of aromatic nitrogens is 2. The minimum atomic E-state index is -0.00237. The monoisotopic (exact) mass is 323 g/mol. The molecule has 0 bridgehead atoms. The molecule has 0 amide bonds. The van der Waals surface area contributed by atoms with Gasteiger partial charge >= 0.3 is 0 Å². The first-order valence-electron chi connectivity index (χ1n) is 8.40. The van der Waals surface area contributed by atoms with E-state index in [2.05, 4.69) is 4.98 Å². The van der Waals surface area contributed by atoms with Gasteiger partial charge in [0.1, 0.15) is 18.1 Å². The molecular formula is C19H21N3O2. The SMILES string of the molecule is C[C@@H](N)COc1ccc2nc3cc(OCC4CC4)ccc3nc2c1. The number of nitrogens with two attached hydrogens (primary N) is 1. The van der Waals surface area contributed by atoms with Gasteiger partial charge in [-0.25, -0.2) is 9.97 Å². The lowest BCUT2D eigenvalue weighted by Gasteiger charge is -2.10. The van der Waals surface area contributed by atoms with Gasteiger partial charge in [-0.15, -0.1) is 0 Å². The molecule has 24 heavy (non-hydrogen) atoms. The molecule has 0 saturated heterocycles. The molecule has 2 aromatic carbocycles. The number of fused-ring (bicyclic) bond motifs is 2. The molecule has 2 N–H and O–H groups in total. The molecule has 4 rings (SSSR count). The fraction of sp³-hybridized carbons (Fsp3) is 0.368. The Morgan fingerprint density at radius 3 is 2.08 bits per heavy atom. The highest BCUT2D eigenvalue weighted by Gasteiger charge is 2.21. The van der Waals surface area contributed by atoms with Crippen molar-refractivity contribution >= 4 is 22.1 Å². The number of nitrogens with zero attached hydrogens (tertiary/aromatic N) is 2. The molecule has 1 aromatic heterocycles. The Bertz CT molecular complexity index is 809. The quantitative estimate of drug-likeness (QED) is 0.705. The normalized spacial score (nSPS) is 15.6. The van der Waals surface area contributed by atoms with Crippen LogP contribution in [0, 0.1) is 5.92 Å². The van der Waals surface area contributed by atoms with Crippen LogP contribution in [0.4, 0.5) is 0 Å². The van der Waals surface area contributed by atoms with Crippen LogP contribution >= 0.6 is 0 Å². The summed E-state index contributed by atoms with van der Waals surface area (Å²) in [6.07, 6.45) is 2.57. The van der Waals surface area contributed by atoms with Crippen LogP contribution in [0.15, 0.2) is 36.4 Å². The van der Waals surface area contributed by atoms with Gasteiger partial charge in [-0.3, -0.25) is 0 Å². The second-order valence-corrected chi connectivity index (χ2v) is 6.57. The molecule has 5 heteroatoms. The molecule has 5 nitrogen and oxygen atoms in total. The van der Waals surface area contributed by atoms with Gasteiger partial charge in [-0.1, -0.05) is 0 Å². The molecule has 0 unspecified atom stereocenters. The Labute approximate surface area is 140 Å². The van der Waals surface area contributed by atoms with E-state index in [1.54, 1.807) is 0 Å². The molecule has 0 aliphatic heterocycles. The zero-order valence-electron chi connectivity index (χ0n) is 13.7. The third kappa shape index (κ3) is 3.41. The van der Waals surface area contributed by atoms with Gasteiger partial charge in [0.15, 0.2) is 0 Å². The fourth-order valence-corrected chi connectivity index (χ4v) is 2.54. The first-order chi connectivity index (χ1) is 11.7. The number of hydrogen-bond acceptors (Lipinski definition) is 5. The highest BCUT2D eigenvalue weighted by molar-refractivity contribution is 5.87. The van der Waals surface area contributed by atoms with Crippen molar-refractivity contribution in [2.24, 2.45) is 11.7 Å². The maximum absolute atomic E-state index is 5.82. The third-order valence-electron chi connectivity index (χ3n) is 4.07. The maximum Gasteiger partial charge on any atom is 0.121 e. The maximum atomic E-state index is 5.82. The Morgan fingerprint density at radius 2 is 1.54 bits per heavy atom. The predicted octanol–water partition coefficient (Wildman–Crippen LogP) is 3.30. The van der Waals surface area contributed by atoms with Crippen molar-refractivity contribution in [2.75, 3.05) is 13.2 Å². The van der Waals surface area contributed by atoms with Crippen molar-refractivity contribution in [3.8, 4) is 11.5 Å². The van der Waals surface area contributed by atoms with Gasteiger partial charge in [-0.2, -0.15) is 0 Å². The van der Waals surface area contributed by atoms with Gasteiger partial charge < -0.3 is 15.2 Å². The van der Waals surface area contributed by atoms with Crippen LogP contribution in [0.2, 0.25) is 0 Å². The molecule has 0 radical (unpaired) electrons. The summed E-state index contributed by atoms with van der Waals surface area (Å²) in [7, 11) is 0. The highest BCUT2D eigenvalue weighted by atomic mass is 16.5. The largest absolute Gasteiger partial charge is 0.493 e. The fourth-order valence-electron chi connectivity index (χ4n) is 2.54. The average Bonchev–Trinajstić information content (AvgIpc) is 3.40. The Kier molecular flexibility index (Phi) is 3.94. The lowest BCUT2D eigenvalue weighted by molar-refractivity contribution is 0.296. The van der Waals surface area contributed by atoms with E-state index in [1.165, 1.54) is 12.8 Å². The topological polar surface area (TPSA) is 70.3 Å². The van der Waals surface area contributed by atoms with Crippen LogP contribution < -0.4 is 15.2 Å². The van der Waals surface area contributed by atoms with Crippen LogP contribution in [-0.2, 0) is 0 Å². The van der Waals surface area contributed by atoms with Gasteiger partial charge in [0, 0.05) is 18.2 Å². The number of hydrogen-bond donors (Lipinski definition) is 1.